The lowest BCUT2D eigenvalue weighted by Crippen LogP contribution is -2.41. The van der Waals surface area contributed by atoms with Crippen LogP contribution in [0.3, 0.4) is 0 Å². The first-order valence-corrected chi connectivity index (χ1v) is 6.38. The third-order valence-electron chi connectivity index (χ3n) is 3.45. The van der Waals surface area contributed by atoms with Crippen molar-refractivity contribution in [2.24, 2.45) is 13.0 Å². The van der Waals surface area contributed by atoms with Crippen LogP contribution in [-0.2, 0) is 13.5 Å². The van der Waals surface area contributed by atoms with E-state index < -0.39 is 0 Å². The van der Waals surface area contributed by atoms with Crippen molar-refractivity contribution in [3.05, 3.63) is 11.9 Å². The van der Waals surface area contributed by atoms with Gasteiger partial charge in [0.15, 0.2) is 0 Å². The van der Waals surface area contributed by atoms with Crippen LogP contribution in [0.2, 0.25) is 0 Å². The summed E-state index contributed by atoms with van der Waals surface area (Å²) in [4.78, 5) is 0. The van der Waals surface area contributed by atoms with Crippen molar-refractivity contribution in [2.45, 2.75) is 45.1 Å². The highest BCUT2D eigenvalue weighted by molar-refractivity contribution is 4.98. The molecule has 2 rings (SSSR count). The van der Waals surface area contributed by atoms with Gasteiger partial charge in [-0.15, -0.1) is 5.10 Å². The lowest BCUT2D eigenvalue weighted by atomic mass is 9.78. The molecule has 0 spiro atoms. The summed E-state index contributed by atoms with van der Waals surface area (Å²) in [5, 5.41) is 11.8. The first-order valence-electron chi connectivity index (χ1n) is 6.38. The molecule has 1 heterocycles. The van der Waals surface area contributed by atoms with Crippen molar-refractivity contribution < 1.29 is 0 Å². The lowest BCUT2D eigenvalue weighted by molar-refractivity contribution is 0.226. The Bertz CT molecular complexity index is 317. The van der Waals surface area contributed by atoms with Gasteiger partial charge in [-0.1, -0.05) is 18.6 Å². The molecule has 1 fully saturated rings. The normalized spacial score (nSPS) is 18.4. The summed E-state index contributed by atoms with van der Waals surface area (Å²) in [6.07, 6.45) is 8.40. The van der Waals surface area contributed by atoms with Gasteiger partial charge in [0.05, 0.1) is 5.69 Å². The maximum Gasteiger partial charge on any atom is 0.0842 e. The molecule has 1 atom stereocenters. The second-order valence-corrected chi connectivity index (χ2v) is 4.84. The Labute approximate surface area is 97.4 Å². The summed E-state index contributed by atoms with van der Waals surface area (Å²) >= 11 is 0. The number of nitrogens with one attached hydrogen (secondary N) is 1. The predicted octanol–water partition coefficient (Wildman–Crippen LogP) is 1.53. The molecular formula is C12H22N4. The van der Waals surface area contributed by atoms with E-state index in [4.69, 9.17) is 0 Å². The Hall–Kier alpha value is -0.900. The van der Waals surface area contributed by atoms with Crippen LogP contribution in [0.25, 0.3) is 0 Å². The minimum absolute atomic E-state index is 0.602. The van der Waals surface area contributed by atoms with Crippen molar-refractivity contribution in [1.82, 2.24) is 20.3 Å². The minimum Gasteiger partial charge on any atom is -0.313 e. The van der Waals surface area contributed by atoms with Gasteiger partial charge in [-0.25, -0.2) is 0 Å². The molecule has 1 aromatic heterocycles. The van der Waals surface area contributed by atoms with Crippen molar-refractivity contribution in [3.63, 3.8) is 0 Å². The SMILES string of the molecule is CCCNC(Cc1cn(C)nn1)C1CCC1. The summed E-state index contributed by atoms with van der Waals surface area (Å²) < 4.78 is 1.78. The summed E-state index contributed by atoms with van der Waals surface area (Å²) in [5.74, 6) is 0.855. The van der Waals surface area contributed by atoms with E-state index in [1.54, 1.807) is 4.68 Å². The van der Waals surface area contributed by atoms with Gasteiger partial charge >= 0.3 is 0 Å². The number of rotatable bonds is 6. The van der Waals surface area contributed by atoms with Gasteiger partial charge in [-0.3, -0.25) is 4.68 Å². The van der Waals surface area contributed by atoms with Crippen LogP contribution in [0.4, 0.5) is 0 Å². The fourth-order valence-corrected chi connectivity index (χ4v) is 2.29. The van der Waals surface area contributed by atoms with Gasteiger partial charge in [0, 0.05) is 25.7 Å². The molecule has 4 nitrogen and oxygen atoms in total. The van der Waals surface area contributed by atoms with Gasteiger partial charge in [0.1, 0.15) is 0 Å². The molecule has 1 aromatic rings. The Morgan fingerprint density at radius 3 is 2.88 bits per heavy atom. The van der Waals surface area contributed by atoms with E-state index in [1.165, 1.54) is 25.7 Å². The number of aromatic nitrogens is 3. The number of aryl methyl sites for hydroxylation is 1. The molecule has 0 saturated heterocycles. The van der Waals surface area contributed by atoms with Crippen molar-refractivity contribution in [2.75, 3.05) is 6.54 Å². The summed E-state index contributed by atoms with van der Waals surface area (Å²) in [5.41, 5.74) is 1.11. The van der Waals surface area contributed by atoms with E-state index in [2.05, 4.69) is 22.6 Å². The Kier molecular flexibility index (Phi) is 3.93. The van der Waals surface area contributed by atoms with Crippen molar-refractivity contribution in [3.8, 4) is 0 Å². The molecule has 1 aliphatic rings. The molecular weight excluding hydrogens is 200 g/mol. The molecule has 1 aliphatic carbocycles. The molecule has 4 heteroatoms. The van der Waals surface area contributed by atoms with Crippen LogP contribution in [-0.4, -0.2) is 27.6 Å². The molecule has 90 valence electrons. The average molecular weight is 222 g/mol. The first-order chi connectivity index (χ1) is 7.79. The second kappa shape index (κ2) is 5.43. The first kappa shape index (κ1) is 11.6. The molecule has 1 saturated carbocycles. The minimum atomic E-state index is 0.602. The highest BCUT2D eigenvalue weighted by atomic mass is 15.4. The number of nitrogens with zero attached hydrogens (tertiary/aromatic N) is 3. The molecule has 0 aromatic carbocycles. The van der Waals surface area contributed by atoms with E-state index >= 15 is 0 Å². The Morgan fingerprint density at radius 1 is 1.56 bits per heavy atom. The molecule has 0 bridgehead atoms. The van der Waals surface area contributed by atoms with E-state index in [-0.39, 0.29) is 0 Å². The van der Waals surface area contributed by atoms with E-state index in [0.29, 0.717) is 6.04 Å². The maximum atomic E-state index is 4.18. The zero-order valence-electron chi connectivity index (χ0n) is 10.3. The molecule has 0 aliphatic heterocycles. The Morgan fingerprint density at radius 2 is 2.38 bits per heavy atom. The molecule has 0 amide bonds. The largest absolute Gasteiger partial charge is 0.313 e. The molecule has 16 heavy (non-hydrogen) atoms. The van der Waals surface area contributed by atoms with Gasteiger partial charge in [-0.05, 0) is 31.7 Å². The molecule has 1 unspecified atom stereocenters. The van der Waals surface area contributed by atoms with Crippen molar-refractivity contribution in [1.29, 1.82) is 0 Å². The third kappa shape index (κ3) is 2.82. The van der Waals surface area contributed by atoms with Crippen LogP contribution >= 0.6 is 0 Å². The van der Waals surface area contributed by atoms with Crippen LogP contribution in [0, 0.1) is 5.92 Å². The van der Waals surface area contributed by atoms with E-state index in [1.807, 2.05) is 13.2 Å². The van der Waals surface area contributed by atoms with E-state index in [0.717, 1.165) is 24.6 Å². The smallest absolute Gasteiger partial charge is 0.0842 e. The van der Waals surface area contributed by atoms with Crippen molar-refractivity contribution >= 4 is 0 Å². The van der Waals surface area contributed by atoms with Crippen LogP contribution in [0.15, 0.2) is 6.20 Å². The number of hydrogen-bond acceptors (Lipinski definition) is 3. The van der Waals surface area contributed by atoms with Crippen LogP contribution < -0.4 is 5.32 Å². The van der Waals surface area contributed by atoms with Gasteiger partial charge in [0.2, 0.25) is 0 Å². The van der Waals surface area contributed by atoms with Gasteiger partial charge in [-0.2, -0.15) is 0 Å². The monoisotopic (exact) mass is 222 g/mol. The summed E-state index contributed by atoms with van der Waals surface area (Å²) in [7, 11) is 1.92. The van der Waals surface area contributed by atoms with E-state index in [9.17, 15) is 0 Å². The second-order valence-electron chi connectivity index (χ2n) is 4.84. The average Bonchev–Trinajstić information content (AvgIpc) is 2.58. The molecule has 0 radical (unpaired) electrons. The topological polar surface area (TPSA) is 42.7 Å². The summed E-state index contributed by atoms with van der Waals surface area (Å²) in [6.45, 7) is 3.33. The van der Waals surface area contributed by atoms with Crippen LogP contribution in [0.1, 0.15) is 38.3 Å². The highest BCUT2D eigenvalue weighted by Gasteiger charge is 2.27. The van der Waals surface area contributed by atoms with Gasteiger partial charge < -0.3 is 5.32 Å². The summed E-state index contributed by atoms with van der Waals surface area (Å²) in [6, 6.07) is 0.602. The fraction of sp³-hybridized carbons (Fsp3) is 0.833. The maximum absolute atomic E-state index is 4.18. The highest BCUT2D eigenvalue weighted by Crippen LogP contribution is 2.30. The molecule has 1 N–H and O–H groups in total. The third-order valence-corrected chi connectivity index (χ3v) is 3.45. The zero-order valence-corrected chi connectivity index (χ0v) is 10.3. The lowest BCUT2D eigenvalue weighted by Gasteiger charge is -2.34. The standard InChI is InChI=1S/C12H22N4/c1-3-7-13-12(10-5-4-6-10)8-11-9-16(2)15-14-11/h9-10,12-13H,3-8H2,1-2H3. The Balaban J connectivity index is 1.90. The zero-order chi connectivity index (χ0) is 11.4. The van der Waals surface area contributed by atoms with Crippen LogP contribution in [0.5, 0.6) is 0 Å². The quantitative estimate of drug-likeness (QED) is 0.793. The predicted molar refractivity (Wildman–Crippen MR) is 64.1 cm³/mol. The van der Waals surface area contributed by atoms with Gasteiger partial charge in [0.25, 0.3) is 0 Å². The fourth-order valence-electron chi connectivity index (χ4n) is 2.29. The number of hydrogen-bond donors (Lipinski definition) is 1.